The van der Waals surface area contributed by atoms with Crippen LogP contribution in [0, 0.1) is 0 Å². The molecule has 0 radical (unpaired) electrons. The van der Waals surface area contributed by atoms with Gasteiger partial charge in [-0.05, 0) is 17.7 Å². The molecule has 1 aromatic carbocycles. The highest BCUT2D eigenvalue weighted by Gasteiger charge is 2.12. The lowest BCUT2D eigenvalue weighted by Gasteiger charge is -2.08. The summed E-state index contributed by atoms with van der Waals surface area (Å²) in [5.41, 5.74) is 0.850. The number of thiazole rings is 1. The van der Waals surface area contributed by atoms with Gasteiger partial charge in [-0.25, -0.2) is 4.98 Å². The van der Waals surface area contributed by atoms with Crippen LogP contribution in [0.15, 0.2) is 65.0 Å². The molecule has 1 N–H and O–H groups in total. The topological polar surface area (TPSA) is 64.0 Å². The Morgan fingerprint density at radius 2 is 2.00 bits per heavy atom. The molecule has 0 spiro atoms. The minimum atomic E-state index is -0.382. The Kier molecular flexibility index (Phi) is 4.63. The molecule has 0 atom stereocenters. The van der Waals surface area contributed by atoms with E-state index in [1.165, 1.54) is 15.9 Å². The molecule has 116 valence electrons. The molecule has 23 heavy (non-hydrogen) atoms. The summed E-state index contributed by atoms with van der Waals surface area (Å²) in [6.07, 6.45) is 3.37. The quantitative estimate of drug-likeness (QED) is 0.783. The zero-order chi connectivity index (χ0) is 16.1. The van der Waals surface area contributed by atoms with Crippen molar-refractivity contribution < 1.29 is 4.79 Å². The summed E-state index contributed by atoms with van der Waals surface area (Å²) in [7, 11) is 0. The van der Waals surface area contributed by atoms with Crippen LogP contribution in [0.5, 0.6) is 0 Å². The van der Waals surface area contributed by atoms with Gasteiger partial charge in [0.05, 0.1) is 13.1 Å². The van der Waals surface area contributed by atoms with E-state index in [4.69, 9.17) is 0 Å². The Bertz CT molecular complexity index is 842. The first-order valence-electron chi connectivity index (χ1n) is 7.14. The largest absolute Gasteiger partial charge is 0.345 e. The lowest BCUT2D eigenvalue weighted by molar-refractivity contribution is 0.0948. The van der Waals surface area contributed by atoms with Gasteiger partial charge < -0.3 is 9.88 Å². The van der Waals surface area contributed by atoms with Crippen molar-refractivity contribution in [2.45, 2.75) is 13.1 Å². The highest BCUT2D eigenvalue weighted by Crippen LogP contribution is 2.04. The van der Waals surface area contributed by atoms with Crippen molar-refractivity contribution in [3.05, 3.63) is 86.7 Å². The van der Waals surface area contributed by atoms with Crippen molar-refractivity contribution in [1.29, 1.82) is 0 Å². The average molecular weight is 325 g/mol. The molecule has 2 aromatic heterocycles. The Labute approximate surface area is 137 Å². The monoisotopic (exact) mass is 325 g/mol. The minimum Gasteiger partial charge on any atom is -0.345 e. The highest BCUT2D eigenvalue weighted by atomic mass is 32.1. The number of amides is 1. The number of nitrogens with one attached hydrogen (secondary N) is 1. The molecule has 2 heterocycles. The minimum absolute atomic E-state index is 0.139. The third-order valence-electron chi connectivity index (χ3n) is 3.34. The van der Waals surface area contributed by atoms with Crippen LogP contribution < -0.4 is 10.9 Å². The average Bonchev–Trinajstić information content (AvgIpc) is 3.09. The summed E-state index contributed by atoms with van der Waals surface area (Å²) in [5, 5.41) is 5.38. The van der Waals surface area contributed by atoms with Crippen molar-refractivity contribution in [2.75, 3.05) is 0 Å². The van der Waals surface area contributed by atoms with Gasteiger partial charge in [0.1, 0.15) is 10.6 Å². The molecule has 0 bridgehead atoms. The molecular formula is C17H15N3O2S. The number of pyridine rings is 1. The van der Waals surface area contributed by atoms with Crippen molar-refractivity contribution in [2.24, 2.45) is 0 Å². The first-order valence-corrected chi connectivity index (χ1v) is 8.02. The van der Waals surface area contributed by atoms with E-state index in [0.29, 0.717) is 13.1 Å². The van der Waals surface area contributed by atoms with Gasteiger partial charge in [-0.15, -0.1) is 11.3 Å². The zero-order valence-corrected chi connectivity index (χ0v) is 13.1. The van der Waals surface area contributed by atoms with Crippen molar-refractivity contribution in [1.82, 2.24) is 14.9 Å². The van der Waals surface area contributed by atoms with E-state index < -0.39 is 0 Å². The van der Waals surface area contributed by atoms with Gasteiger partial charge in [-0.3, -0.25) is 9.59 Å². The van der Waals surface area contributed by atoms with E-state index in [-0.39, 0.29) is 17.0 Å². The van der Waals surface area contributed by atoms with E-state index in [0.717, 1.165) is 10.6 Å². The van der Waals surface area contributed by atoms with Crippen LogP contribution in [0.2, 0.25) is 0 Å². The van der Waals surface area contributed by atoms with Crippen LogP contribution in [0.3, 0.4) is 0 Å². The summed E-state index contributed by atoms with van der Waals surface area (Å²) in [6.45, 7) is 0.761. The smallest absolute Gasteiger partial charge is 0.263 e. The van der Waals surface area contributed by atoms with Gasteiger partial charge in [0.25, 0.3) is 11.5 Å². The van der Waals surface area contributed by atoms with Crippen molar-refractivity contribution >= 4 is 17.2 Å². The van der Waals surface area contributed by atoms with Crippen LogP contribution in [-0.2, 0) is 13.1 Å². The summed E-state index contributed by atoms with van der Waals surface area (Å²) >= 11 is 1.46. The van der Waals surface area contributed by atoms with E-state index in [2.05, 4.69) is 10.3 Å². The second-order valence-electron chi connectivity index (χ2n) is 4.95. The molecule has 0 aliphatic carbocycles. The van der Waals surface area contributed by atoms with E-state index in [1.807, 2.05) is 35.7 Å². The Balaban J connectivity index is 1.76. The number of hydrogen-bond acceptors (Lipinski definition) is 4. The molecular weight excluding hydrogens is 310 g/mol. The fraction of sp³-hybridized carbons (Fsp3) is 0.118. The maximum Gasteiger partial charge on any atom is 0.263 e. The molecule has 5 nitrogen and oxygen atoms in total. The molecule has 0 saturated carbocycles. The first kappa shape index (κ1) is 15.2. The maximum atomic E-state index is 12.5. The number of carbonyl (C=O) groups is 1. The standard InChI is InChI=1S/C17H15N3O2S/c21-16(19-11-15-18-8-10-23-15)14-7-4-9-20(17(14)22)12-13-5-2-1-3-6-13/h1-10H,11-12H2,(H,19,21). The molecule has 3 aromatic rings. The fourth-order valence-corrected chi connectivity index (χ4v) is 2.76. The zero-order valence-electron chi connectivity index (χ0n) is 12.3. The maximum absolute atomic E-state index is 12.5. The molecule has 1 amide bonds. The van der Waals surface area contributed by atoms with E-state index in [9.17, 15) is 9.59 Å². The van der Waals surface area contributed by atoms with Gasteiger partial charge in [0, 0.05) is 17.8 Å². The molecule has 0 fully saturated rings. The van der Waals surface area contributed by atoms with E-state index in [1.54, 1.807) is 24.5 Å². The predicted molar refractivity (Wildman–Crippen MR) is 89.5 cm³/mol. The summed E-state index contributed by atoms with van der Waals surface area (Å²) in [5.74, 6) is -0.382. The molecule has 0 aliphatic rings. The van der Waals surface area contributed by atoms with Gasteiger partial charge >= 0.3 is 0 Å². The van der Waals surface area contributed by atoms with Crippen LogP contribution in [-0.4, -0.2) is 15.5 Å². The number of aromatic nitrogens is 2. The molecule has 3 rings (SSSR count). The molecule has 6 heteroatoms. The lowest BCUT2D eigenvalue weighted by atomic mass is 10.2. The number of carbonyl (C=O) groups excluding carboxylic acids is 1. The highest BCUT2D eigenvalue weighted by molar-refractivity contribution is 7.09. The third kappa shape index (κ3) is 3.73. The Morgan fingerprint density at radius 3 is 2.74 bits per heavy atom. The third-order valence-corrected chi connectivity index (χ3v) is 4.12. The van der Waals surface area contributed by atoms with Gasteiger partial charge in [0.2, 0.25) is 0 Å². The Morgan fingerprint density at radius 1 is 1.17 bits per heavy atom. The number of nitrogens with zero attached hydrogens (tertiary/aromatic N) is 2. The second kappa shape index (κ2) is 7.02. The SMILES string of the molecule is O=C(NCc1nccs1)c1cccn(Cc2ccccc2)c1=O. The summed E-state index contributed by atoms with van der Waals surface area (Å²) in [6, 6.07) is 12.9. The number of hydrogen-bond donors (Lipinski definition) is 1. The van der Waals surface area contributed by atoms with Crippen LogP contribution in [0.4, 0.5) is 0 Å². The lowest BCUT2D eigenvalue weighted by Crippen LogP contribution is -2.32. The van der Waals surface area contributed by atoms with Gasteiger partial charge in [-0.1, -0.05) is 30.3 Å². The molecule has 0 saturated heterocycles. The summed E-state index contributed by atoms with van der Waals surface area (Å²) < 4.78 is 1.54. The van der Waals surface area contributed by atoms with Crippen molar-refractivity contribution in [3.63, 3.8) is 0 Å². The van der Waals surface area contributed by atoms with Crippen molar-refractivity contribution in [3.8, 4) is 0 Å². The second-order valence-corrected chi connectivity index (χ2v) is 5.93. The normalized spacial score (nSPS) is 10.4. The molecule has 0 aliphatic heterocycles. The van der Waals surface area contributed by atoms with Crippen LogP contribution in [0.1, 0.15) is 20.9 Å². The molecule has 0 unspecified atom stereocenters. The Hall–Kier alpha value is -2.73. The van der Waals surface area contributed by atoms with Gasteiger partial charge in [-0.2, -0.15) is 0 Å². The fourth-order valence-electron chi connectivity index (χ4n) is 2.21. The summed E-state index contributed by atoms with van der Waals surface area (Å²) in [4.78, 5) is 28.8. The van der Waals surface area contributed by atoms with E-state index >= 15 is 0 Å². The van der Waals surface area contributed by atoms with Gasteiger partial charge in [0.15, 0.2) is 0 Å². The predicted octanol–water partition coefficient (Wildman–Crippen LogP) is 2.28. The van der Waals surface area contributed by atoms with Crippen LogP contribution >= 0.6 is 11.3 Å². The first-order chi connectivity index (χ1) is 11.2. The number of rotatable bonds is 5. The van der Waals surface area contributed by atoms with Crippen LogP contribution in [0.25, 0.3) is 0 Å². The number of benzene rings is 1.